The molecule has 3 rings (SSSR count). The molecule has 0 aliphatic rings. The highest BCUT2D eigenvalue weighted by molar-refractivity contribution is 9.10. The first-order valence-corrected chi connectivity index (χ1v) is 9.04. The van der Waals surface area contributed by atoms with Gasteiger partial charge in [-0.1, -0.05) is 22.0 Å². The van der Waals surface area contributed by atoms with Crippen LogP contribution in [0.15, 0.2) is 39.3 Å². The molecule has 0 bridgehead atoms. The minimum absolute atomic E-state index is 0.0120. The summed E-state index contributed by atoms with van der Waals surface area (Å²) in [4.78, 5) is 4.59. The number of thiazole rings is 1. The van der Waals surface area contributed by atoms with Crippen LogP contribution in [0.3, 0.4) is 0 Å². The van der Waals surface area contributed by atoms with Crippen LogP contribution in [0, 0.1) is 6.92 Å². The Kier molecular flexibility index (Phi) is 3.42. The number of sulfonamides is 1. The van der Waals surface area contributed by atoms with Crippen LogP contribution in [-0.4, -0.2) is 17.8 Å². The Morgan fingerprint density at radius 2 is 2.19 bits per heavy atom. The number of nitrogens with one attached hydrogen (secondary N) is 1. The summed E-state index contributed by atoms with van der Waals surface area (Å²) in [7, 11) is -3.83. The van der Waals surface area contributed by atoms with Gasteiger partial charge in [-0.05, 0) is 24.6 Å². The second-order valence-corrected chi connectivity index (χ2v) is 7.81. The number of aromatic nitrogens is 2. The molecule has 2 heterocycles. The van der Waals surface area contributed by atoms with E-state index in [1.807, 2.05) is 19.1 Å². The number of aryl methyl sites for hydroxylation is 1. The van der Waals surface area contributed by atoms with Crippen LogP contribution in [0.1, 0.15) is 5.56 Å². The van der Waals surface area contributed by atoms with Crippen molar-refractivity contribution in [2.24, 2.45) is 0 Å². The molecule has 110 valence electrons. The van der Waals surface area contributed by atoms with E-state index >= 15 is 0 Å². The number of halogens is 1. The smallest absolute Gasteiger partial charge is 0.281 e. The summed E-state index contributed by atoms with van der Waals surface area (Å²) in [6, 6.07) is 5.37. The van der Waals surface area contributed by atoms with Crippen molar-refractivity contribution in [3.63, 3.8) is 0 Å². The summed E-state index contributed by atoms with van der Waals surface area (Å²) in [5.41, 5.74) is 7.06. The van der Waals surface area contributed by atoms with E-state index in [-0.39, 0.29) is 10.8 Å². The number of hydrogen-bond donors (Lipinski definition) is 2. The molecule has 0 aliphatic carbocycles. The van der Waals surface area contributed by atoms with Crippen molar-refractivity contribution in [1.29, 1.82) is 0 Å². The molecule has 0 amide bonds. The fourth-order valence-electron chi connectivity index (χ4n) is 1.95. The lowest BCUT2D eigenvalue weighted by atomic mass is 10.2. The zero-order valence-corrected chi connectivity index (χ0v) is 14.1. The number of imidazole rings is 1. The largest absolute Gasteiger partial charge is 0.381 e. The van der Waals surface area contributed by atoms with Gasteiger partial charge in [0.15, 0.2) is 10.8 Å². The highest BCUT2D eigenvalue weighted by Crippen LogP contribution is 2.27. The van der Waals surface area contributed by atoms with Crippen LogP contribution in [0.2, 0.25) is 0 Å². The van der Waals surface area contributed by atoms with Crippen LogP contribution in [-0.2, 0) is 10.0 Å². The fraction of sp³-hybridized carbons (Fsp3) is 0.0833. The number of benzene rings is 1. The third-order valence-electron chi connectivity index (χ3n) is 2.94. The number of anilines is 2. The van der Waals surface area contributed by atoms with Crippen molar-refractivity contribution < 1.29 is 8.42 Å². The molecule has 0 radical (unpaired) electrons. The van der Waals surface area contributed by atoms with E-state index in [4.69, 9.17) is 5.73 Å². The standard InChI is InChI=1S/C12H11BrN4O2S2/c1-7-2-3-8(13)6-9(7)16-21(18,19)11-10(14)15-12-17(11)4-5-20-12/h2-6,16H,14H2,1H3. The third kappa shape index (κ3) is 2.52. The van der Waals surface area contributed by atoms with Crippen molar-refractivity contribution in [2.75, 3.05) is 10.5 Å². The summed E-state index contributed by atoms with van der Waals surface area (Å²) < 4.78 is 30.0. The molecule has 3 N–H and O–H groups in total. The molecule has 0 atom stereocenters. The van der Waals surface area contributed by atoms with Gasteiger partial charge in [0.05, 0.1) is 5.69 Å². The molecule has 0 aliphatic heterocycles. The molecular formula is C12H11BrN4O2S2. The Morgan fingerprint density at radius 3 is 2.95 bits per heavy atom. The highest BCUT2D eigenvalue weighted by Gasteiger charge is 2.25. The molecule has 0 saturated heterocycles. The minimum atomic E-state index is -3.83. The molecule has 1 aromatic carbocycles. The Balaban J connectivity index is 2.10. The summed E-state index contributed by atoms with van der Waals surface area (Å²) in [5, 5.41) is 1.71. The Bertz CT molecular complexity index is 930. The van der Waals surface area contributed by atoms with Crippen LogP contribution in [0.25, 0.3) is 4.96 Å². The molecule has 0 saturated carbocycles. The first-order chi connectivity index (χ1) is 9.88. The second-order valence-electron chi connectivity index (χ2n) is 4.42. The van der Waals surface area contributed by atoms with Crippen molar-refractivity contribution in [3.05, 3.63) is 39.8 Å². The summed E-state index contributed by atoms with van der Waals surface area (Å²) in [5.74, 6) is -0.0120. The van der Waals surface area contributed by atoms with Gasteiger partial charge in [-0.3, -0.25) is 9.12 Å². The summed E-state index contributed by atoms with van der Waals surface area (Å²) >= 11 is 4.65. The van der Waals surface area contributed by atoms with Crippen molar-refractivity contribution in [2.45, 2.75) is 11.9 Å². The van der Waals surface area contributed by atoms with E-state index in [1.165, 1.54) is 15.7 Å². The van der Waals surface area contributed by atoms with E-state index in [1.54, 1.807) is 17.6 Å². The number of rotatable bonds is 3. The Morgan fingerprint density at radius 1 is 1.43 bits per heavy atom. The topological polar surface area (TPSA) is 89.5 Å². The number of nitrogens with zero attached hydrogens (tertiary/aromatic N) is 2. The lowest BCUT2D eigenvalue weighted by Crippen LogP contribution is -2.17. The quantitative estimate of drug-likeness (QED) is 0.723. The number of nitrogens with two attached hydrogens (primary N) is 1. The lowest BCUT2D eigenvalue weighted by molar-refractivity contribution is 0.597. The van der Waals surface area contributed by atoms with Gasteiger partial charge in [-0.25, -0.2) is 4.98 Å². The van der Waals surface area contributed by atoms with Gasteiger partial charge in [0, 0.05) is 16.0 Å². The van der Waals surface area contributed by atoms with E-state index < -0.39 is 10.0 Å². The van der Waals surface area contributed by atoms with E-state index in [2.05, 4.69) is 25.6 Å². The monoisotopic (exact) mass is 386 g/mol. The van der Waals surface area contributed by atoms with Crippen molar-refractivity contribution in [3.8, 4) is 0 Å². The first-order valence-electron chi connectivity index (χ1n) is 5.88. The predicted molar refractivity (Wildman–Crippen MR) is 87.2 cm³/mol. The van der Waals surface area contributed by atoms with Crippen LogP contribution in [0.4, 0.5) is 11.5 Å². The maximum Gasteiger partial charge on any atom is 0.281 e. The van der Waals surface area contributed by atoms with Crippen molar-refractivity contribution in [1.82, 2.24) is 9.38 Å². The molecule has 0 spiro atoms. The fourth-order valence-corrected chi connectivity index (χ4v) is 4.42. The second kappa shape index (κ2) is 5.00. The highest BCUT2D eigenvalue weighted by atomic mass is 79.9. The molecule has 3 aromatic rings. The van der Waals surface area contributed by atoms with Gasteiger partial charge >= 0.3 is 0 Å². The number of hydrogen-bond acceptors (Lipinski definition) is 5. The van der Waals surface area contributed by atoms with Gasteiger partial charge < -0.3 is 5.73 Å². The summed E-state index contributed by atoms with van der Waals surface area (Å²) in [6.45, 7) is 1.82. The number of fused-ring (bicyclic) bond motifs is 1. The van der Waals surface area contributed by atoms with Gasteiger partial charge in [-0.15, -0.1) is 11.3 Å². The molecule has 9 heteroatoms. The van der Waals surface area contributed by atoms with Crippen LogP contribution < -0.4 is 10.5 Å². The van der Waals surface area contributed by atoms with Gasteiger partial charge in [0.1, 0.15) is 0 Å². The van der Waals surface area contributed by atoms with E-state index in [0.29, 0.717) is 10.6 Å². The zero-order chi connectivity index (χ0) is 15.2. The average molecular weight is 387 g/mol. The van der Waals surface area contributed by atoms with Crippen LogP contribution in [0.5, 0.6) is 0 Å². The lowest BCUT2D eigenvalue weighted by Gasteiger charge is -2.10. The molecular weight excluding hydrogens is 376 g/mol. The van der Waals surface area contributed by atoms with Gasteiger partial charge in [0.25, 0.3) is 10.0 Å². The Hall–Kier alpha value is -1.58. The normalized spacial score (nSPS) is 11.9. The van der Waals surface area contributed by atoms with Gasteiger partial charge in [0.2, 0.25) is 5.03 Å². The van der Waals surface area contributed by atoms with Crippen molar-refractivity contribution >= 4 is 53.8 Å². The van der Waals surface area contributed by atoms with E-state index in [9.17, 15) is 8.42 Å². The first kappa shape index (κ1) is 14.4. The molecule has 0 unspecified atom stereocenters. The molecule has 21 heavy (non-hydrogen) atoms. The average Bonchev–Trinajstić information content (AvgIpc) is 2.92. The molecule has 6 nitrogen and oxygen atoms in total. The minimum Gasteiger partial charge on any atom is -0.381 e. The molecule has 0 fully saturated rings. The maximum absolute atomic E-state index is 12.6. The summed E-state index contributed by atoms with van der Waals surface area (Å²) in [6.07, 6.45) is 1.63. The Labute approximate surface area is 133 Å². The number of nitrogen functional groups attached to an aromatic ring is 1. The van der Waals surface area contributed by atoms with Gasteiger partial charge in [-0.2, -0.15) is 8.42 Å². The SMILES string of the molecule is Cc1ccc(Br)cc1NS(=O)(=O)c1c(N)nc2sccn12. The molecule has 2 aromatic heterocycles. The third-order valence-corrected chi connectivity index (χ3v) is 5.60. The maximum atomic E-state index is 12.6. The zero-order valence-electron chi connectivity index (χ0n) is 10.9. The predicted octanol–water partition coefficient (Wildman–Crippen LogP) is 2.85. The van der Waals surface area contributed by atoms with Crippen LogP contribution >= 0.6 is 27.3 Å². The van der Waals surface area contributed by atoms with E-state index in [0.717, 1.165) is 10.0 Å².